The van der Waals surface area contributed by atoms with E-state index in [-0.39, 0.29) is 18.0 Å². The van der Waals surface area contributed by atoms with Crippen LogP contribution in [0.2, 0.25) is 0 Å². The fourth-order valence-corrected chi connectivity index (χ4v) is 3.98. The van der Waals surface area contributed by atoms with Gasteiger partial charge in [-0.3, -0.25) is 14.2 Å². The molecule has 4 aromatic rings. The monoisotopic (exact) mass is 421 g/mol. The normalized spacial score (nSPS) is 11.0. The third-order valence-corrected chi connectivity index (χ3v) is 5.83. The number of hydrogen-bond donors (Lipinski definition) is 2. The van der Waals surface area contributed by atoms with Crippen molar-refractivity contribution in [2.24, 2.45) is 7.05 Å². The predicted molar refractivity (Wildman–Crippen MR) is 116 cm³/mol. The summed E-state index contributed by atoms with van der Waals surface area (Å²) < 4.78 is 3.01. The highest BCUT2D eigenvalue weighted by Crippen LogP contribution is 2.32. The van der Waals surface area contributed by atoms with Crippen LogP contribution in [-0.4, -0.2) is 25.0 Å². The van der Waals surface area contributed by atoms with Crippen molar-refractivity contribution in [3.63, 3.8) is 0 Å². The van der Waals surface area contributed by atoms with Crippen molar-refractivity contribution < 1.29 is 4.79 Å². The van der Waals surface area contributed by atoms with Crippen LogP contribution >= 0.6 is 11.8 Å². The lowest BCUT2D eigenvalue weighted by Crippen LogP contribution is -2.34. The van der Waals surface area contributed by atoms with E-state index in [1.54, 1.807) is 25.3 Å². The first-order chi connectivity index (χ1) is 14.5. The molecule has 0 fully saturated rings. The smallest absolute Gasteiger partial charge is 0.328 e. The number of hydrogen-bond acceptors (Lipinski definition) is 5. The van der Waals surface area contributed by atoms with Gasteiger partial charge in [0, 0.05) is 36.4 Å². The number of H-pyrrole nitrogens is 1. The number of aromatic nitrogens is 4. The van der Waals surface area contributed by atoms with E-state index in [0.29, 0.717) is 22.2 Å². The van der Waals surface area contributed by atoms with Crippen LogP contribution in [0.25, 0.3) is 10.9 Å². The molecular formula is C21H19N5O3S. The van der Waals surface area contributed by atoms with E-state index < -0.39 is 5.69 Å². The maximum Gasteiger partial charge on any atom is 0.328 e. The van der Waals surface area contributed by atoms with Crippen molar-refractivity contribution in [1.82, 2.24) is 19.1 Å². The number of aromatic amines is 1. The van der Waals surface area contributed by atoms with E-state index in [0.717, 1.165) is 14.6 Å². The minimum Gasteiger partial charge on any atom is -0.329 e. The second-order valence-corrected chi connectivity index (χ2v) is 7.62. The van der Waals surface area contributed by atoms with Crippen LogP contribution in [0, 0.1) is 0 Å². The van der Waals surface area contributed by atoms with E-state index in [1.165, 1.54) is 17.8 Å². The molecular weight excluding hydrogens is 402 g/mol. The Labute approximate surface area is 175 Å². The van der Waals surface area contributed by atoms with Gasteiger partial charge in [0.25, 0.3) is 11.5 Å². The van der Waals surface area contributed by atoms with Gasteiger partial charge >= 0.3 is 5.69 Å². The summed E-state index contributed by atoms with van der Waals surface area (Å²) in [5.74, 6) is -0.342. The lowest BCUT2D eigenvalue weighted by molar-refractivity contribution is 0.102. The molecule has 0 saturated heterocycles. The molecule has 0 spiro atoms. The molecule has 8 nitrogen and oxygen atoms in total. The largest absolute Gasteiger partial charge is 0.329 e. The highest BCUT2D eigenvalue weighted by atomic mass is 32.2. The molecule has 0 unspecified atom stereocenters. The van der Waals surface area contributed by atoms with Crippen molar-refractivity contribution in [3.8, 4) is 0 Å². The van der Waals surface area contributed by atoms with Gasteiger partial charge in [-0.15, -0.1) is 0 Å². The van der Waals surface area contributed by atoms with Gasteiger partial charge in [0.15, 0.2) is 5.16 Å². The summed E-state index contributed by atoms with van der Waals surface area (Å²) in [5.41, 5.74) is 0.441. The molecule has 0 aliphatic rings. The summed E-state index contributed by atoms with van der Waals surface area (Å²) >= 11 is 1.44. The number of carbonyl (C=O) groups is 1. The number of carbonyl (C=O) groups excluding carboxylic acids is 1. The summed E-state index contributed by atoms with van der Waals surface area (Å²) in [7, 11) is 1.90. The van der Waals surface area contributed by atoms with E-state index in [2.05, 4.69) is 15.3 Å². The molecule has 0 saturated carbocycles. The molecule has 2 heterocycles. The van der Waals surface area contributed by atoms with Crippen LogP contribution < -0.4 is 16.6 Å². The number of amides is 1. The number of para-hydroxylation sites is 1. The summed E-state index contributed by atoms with van der Waals surface area (Å²) in [4.78, 5) is 45.2. The minimum absolute atomic E-state index is 0.275. The second-order valence-electron chi connectivity index (χ2n) is 6.61. The molecule has 0 bridgehead atoms. The fourth-order valence-electron chi connectivity index (χ4n) is 3.08. The Kier molecular flexibility index (Phi) is 5.28. The van der Waals surface area contributed by atoms with Gasteiger partial charge in [0.05, 0.1) is 16.6 Å². The lowest BCUT2D eigenvalue weighted by Gasteiger charge is -2.11. The summed E-state index contributed by atoms with van der Waals surface area (Å²) in [6.45, 7) is 2.00. The van der Waals surface area contributed by atoms with Crippen molar-refractivity contribution in [2.45, 2.75) is 23.5 Å². The molecule has 30 heavy (non-hydrogen) atoms. The number of anilines is 1. The molecule has 1 amide bonds. The second kappa shape index (κ2) is 8.03. The first-order valence-electron chi connectivity index (χ1n) is 9.30. The molecule has 4 rings (SSSR count). The molecule has 2 N–H and O–H groups in total. The van der Waals surface area contributed by atoms with E-state index in [9.17, 15) is 14.4 Å². The van der Waals surface area contributed by atoms with Crippen molar-refractivity contribution in [3.05, 3.63) is 81.3 Å². The SMILES string of the molecule is CCn1c(=O)[nH]c2cc(C(=O)Nc3ccccc3Sc3nccn3C)ccc2c1=O. The Balaban J connectivity index is 1.65. The van der Waals surface area contributed by atoms with Crippen LogP contribution in [0.4, 0.5) is 5.69 Å². The highest BCUT2D eigenvalue weighted by molar-refractivity contribution is 7.99. The molecule has 0 aliphatic heterocycles. The van der Waals surface area contributed by atoms with Gasteiger partial charge in [0.2, 0.25) is 0 Å². The number of rotatable bonds is 5. The zero-order chi connectivity index (χ0) is 21.3. The summed E-state index contributed by atoms with van der Waals surface area (Å²) in [6, 6.07) is 12.1. The fraction of sp³-hybridized carbons (Fsp3) is 0.143. The zero-order valence-corrected chi connectivity index (χ0v) is 17.2. The van der Waals surface area contributed by atoms with Crippen molar-refractivity contribution >= 4 is 34.3 Å². The van der Waals surface area contributed by atoms with Crippen molar-refractivity contribution in [1.29, 1.82) is 0 Å². The lowest BCUT2D eigenvalue weighted by atomic mass is 10.1. The first kappa shape index (κ1) is 19.7. The molecule has 0 atom stereocenters. The standard InChI is InChI=1S/C21H19N5O3S/c1-3-26-19(28)14-9-8-13(12-16(14)24-20(26)29)18(27)23-15-6-4-5-7-17(15)30-21-22-10-11-25(21)2/h4-12H,3H2,1-2H3,(H,23,27)(H,24,29). The third kappa shape index (κ3) is 3.67. The zero-order valence-electron chi connectivity index (χ0n) is 16.4. The molecule has 2 aromatic carbocycles. The number of benzene rings is 2. The van der Waals surface area contributed by atoms with Crippen LogP contribution in [-0.2, 0) is 13.6 Å². The topological polar surface area (TPSA) is 102 Å². The van der Waals surface area contributed by atoms with Crippen molar-refractivity contribution in [2.75, 3.05) is 5.32 Å². The number of aryl methyl sites for hydroxylation is 1. The van der Waals surface area contributed by atoms with E-state index in [1.807, 2.05) is 42.1 Å². The highest BCUT2D eigenvalue weighted by Gasteiger charge is 2.14. The quantitative estimate of drug-likeness (QED) is 0.516. The maximum absolute atomic E-state index is 12.9. The Bertz CT molecular complexity index is 1370. The molecule has 0 aliphatic carbocycles. The van der Waals surface area contributed by atoms with Gasteiger partial charge in [-0.1, -0.05) is 12.1 Å². The average molecular weight is 421 g/mol. The number of nitrogens with one attached hydrogen (secondary N) is 2. The molecule has 9 heteroatoms. The predicted octanol–water partition coefficient (Wildman–Crippen LogP) is 2.85. The summed E-state index contributed by atoms with van der Waals surface area (Å²) in [5, 5.41) is 4.06. The van der Waals surface area contributed by atoms with Gasteiger partial charge in [-0.2, -0.15) is 0 Å². The van der Waals surface area contributed by atoms with E-state index >= 15 is 0 Å². The Morgan fingerprint density at radius 3 is 2.73 bits per heavy atom. The van der Waals surface area contributed by atoms with Gasteiger partial charge < -0.3 is 14.9 Å². The van der Waals surface area contributed by atoms with Crippen LogP contribution in [0.15, 0.2) is 74.5 Å². The average Bonchev–Trinajstić information content (AvgIpc) is 3.13. The third-order valence-electron chi connectivity index (χ3n) is 4.67. The molecule has 152 valence electrons. The Morgan fingerprint density at radius 1 is 1.20 bits per heavy atom. The van der Waals surface area contributed by atoms with Crippen LogP contribution in [0.3, 0.4) is 0 Å². The van der Waals surface area contributed by atoms with Crippen LogP contribution in [0.5, 0.6) is 0 Å². The molecule has 0 radical (unpaired) electrons. The summed E-state index contributed by atoms with van der Waals surface area (Å²) in [6.07, 6.45) is 3.57. The Morgan fingerprint density at radius 2 is 2.00 bits per heavy atom. The van der Waals surface area contributed by atoms with E-state index in [4.69, 9.17) is 0 Å². The molecule has 2 aromatic heterocycles. The van der Waals surface area contributed by atoms with Gasteiger partial charge in [-0.05, 0) is 49.0 Å². The first-order valence-corrected chi connectivity index (χ1v) is 10.1. The number of fused-ring (bicyclic) bond motifs is 1. The van der Waals surface area contributed by atoms with Gasteiger partial charge in [-0.25, -0.2) is 9.78 Å². The minimum atomic E-state index is -0.496. The maximum atomic E-state index is 12.9. The Hall–Kier alpha value is -3.59. The number of nitrogens with zero attached hydrogens (tertiary/aromatic N) is 3. The van der Waals surface area contributed by atoms with Gasteiger partial charge in [0.1, 0.15) is 0 Å². The number of imidazole rings is 1. The van der Waals surface area contributed by atoms with Crippen LogP contribution in [0.1, 0.15) is 17.3 Å².